The van der Waals surface area contributed by atoms with Crippen LogP contribution in [0, 0.1) is 5.92 Å². The molecule has 0 saturated heterocycles. The Morgan fingerprint density at radius 3 is 2.23 bits per heavy atom. The Balaban J connectivity index is 1.55. The van der Waals surface area contributed by atoms with Crippen LogP contribution in [0.1, 0.15) is 27.2 Å². The maximum Gasteiger partial charge on any atom is 0.341 e. The van der Waals surface area contributed by atoms with Crippen molar-refractivity contribution in [3.05, 3.63) is 91.0 Å². The second-order valence-corrected chi connectivity index (χ2v) is 15.8. The van der Waals surface area contributed by atoms with Crippen LogP contribution in [0.15, 0.2) is 91.0 Å². The van der Waals surface area contributed by atoms with Crippen LogP contribution >= 0.6 is 11.6 Å². The fourth-order valence-corrected chi connectivity index (χ4v) is 10.8. The van der Waals surface area contributed by atoms with Crippen molar-refractivity contribution >= 4 is 36.3 Å². The lowest BCUT2D eigenvalue weighted by atomic mass is 10.0. The topological polar surface area (TPSA) is 74.2 Å². The number of hydrogen-bond donors (Lipinski definition) is 1. The summed E-state index contributed by atoms with van der Waals surface area (Å²) in [6.45, 7) is 6.33. The predicted molar refractivity (Wildman–Crippen MR) is 159 cm³/mol. The van der Waals surface area contributed by atoms with Crippen molar-refractivity contribution in [3.63, 3.8) is 0 Å². The maximum absolute atomic E-state index is 11.1. The normalized spacial score (nSPS) is 22.2. The van der Waals surface area contributed by atoms with E-state index < -0.39 is 20.9 Å². The minimum atomic E-state index is -2.84. The highest BCUT2D eigenvalue weighted by atomic mass is 35.5. The third-order valence-electron chi connectivity index (χ3n) is 7.66. The predicted octanol–water partition coefficient (Wildman–Crippen LogP) is 5.42. The van der Waals surface area contributed by atoms with E-state index in [0.717, 1.165) is 0 Å². The summed E-state index contributed by atoms with van der Waals surface area (Å²) in [6, 6.07) is 26.4. The zero-order valence-electron chi connectivity index (χ0n) is 23.0. The molecule has 0 spiro atoms. The Kier molecular flexibility index (Phi) is 8.26. The van der Waals surface area contributed by atoms with E-state index in [2.05, 4.69) is 75.4 Å². The number of hydrogen-bond acceptors (Lipinski definition) is 5. The molecule has 0 unspecified atom stereocenters. The van der Waals surface area contributed by atoms with E-state index in [1.807, 2.05) is 24.3 Å². The molecule has 1 aliphatic heterocycles. The van der Waals surface area contributed by atoms with E-state index in [4.69, 9.17) is 35.3 Å². The summed E-state index contributed by atoms with van der Waals surface area (Å²) >= 11 is 6.11. The Hall–Kier alpha value is -3.26. The molecule has 1 aliphatic carbocycles. The van der Waals surface area contributed by atoms with Crippen molar-refractivity contribution in [1.82, 2.24) is 0 Å². The van der Waals surface area contributed by atoms with Gasteiger partial charge in [0.25, 0.3) is 8.32 Å². The van der Waals surface area contributed by atoms with Gasteiger partial charge in [-0.05, 0) is 27.5 Å². The molecular weight excluding hydrogens is 544 g/mol. The molecule has 40 heavy (non-hydrogen) atoms. The van der Waals surface area contributed by atoms with E-state index in [9.17, 15) is 4.79 Å². The first-order valence-electron chi connectivity index (χ1n) is 13.6. The number of allylic oxidation sites excluding steroid dienone is 1. The molecule has 5 rings (SSSR count). The van der Waals surface area contributed by atoms with Crippen molar-refractivity contribution < 1.29 is 28.5 Å². The number of benzene rings is 3. The summed E-state index contributed by atoms with van der Waals surface area (Å²) in [7, 11) is -2.84. The van der Waals surface area contributed by atoms with E-state index in [1.165, 1.54) is 10.4 Å². The fourth-order valence-electron chi connectivity index (χ4n) is 5.99. The van der Waals surface area contributed by atoms with Crippen molar-refractivity contribution in [1.29, 1.82) is 0 Å². The molecule has 0 amide bonds. The molecule has 3 aromatic carbocycles. The van der Waals surface area contributed by atoms with Crippen LogP contribution in [0.5, 0.6) is 17.2 Å². The molecular formula is C32H35ClO6Si. The van der Waals surface area contributed by atoms with Crippen LogP contribution in [0.4, 0.5) is 0 Å². The molecule has 0 bridgehead atoms. The van der Waals surface area contributed by atoms with E-state index in [0.29, 0.717) is 29.5 Å². The Morgan fingerprint density at radius 1 is 1.00 bits per heavy atom. The number of aliphatic carboxylic acids is 1. The van der Waals surface area contributed by atoms with Gasteiger partial charge < -0.3 is 23.7 Å². The highest BCUT2D eigenvalue weighted by Gasteiger charge is 2.56. The summed E-state index contributed by atoms with van der Waals surface area (Å²) in [5, 5.41) is 11.3. The average Bonchev–Trinajstić information content (AvgIpc) is 3.28. The van der Waals surface area contributed by atoms with Gasteiger partial charge in [-0.1, -0.05) is 99.7 Å². The lowest BCUT2D eigenvalue weighted by Crippen LogP contribution is -2.68. The molecule has 1 fully saturated rings. The fraction of sp³-hybridized carbons (Fsp3) is 0.344. The first-order valence-corrected chi connectivity index (χ1v) is 16.0. The molecule has 0 radical (unpaired) electrons. The number of fused-ring (bicyclic) bond motifs is 2. The van der Waals surface area contributed by atoms with Gasteiger partial charge in [-0.3, -0.25) is 0 Å². The molecule has 2 aliphatic rings. The summed E-state index contributed by atoms with van der Waals surface area (Å²) in [6.07, 6.45) is 3.82. The van der Waals surface area contributed by atoms with Crippen molar-refractivity contribution in [2.24, 2.45) is 5.92 Å². The minimum Gasteiger partial charge on any atom is -0.482 e. The zero-order valence-corrected chi connectivity index (χ0v) is 24.7. The standard InChI is InChI=1S/C32H35ClO6Si/c1-32(2,3)40(22-12-6-4-7-13-22,23-14-8-5-9-15-23)39-27-20-28-30(24(27)16-11-19-33)37-26-18-10-17-25(31(26)38-28)36-21-29(34)35/h4-18,24,27-28,30H,19-21H2,1-3H3,(H,34,35)/b16-11+/t24-,27+,28-,30+/m0/s1. The Morgan fingerprint density at radius 2 is 1.65 bits per heavy atom. The van der Waals surface area contributed by atoms with Crippen LogP contribution in [-0.4, -0.2) is 50.2 Å². The molecule has 8 heteroatoms. The summed E-state index contributed by atoms with van der Waals surface area (Å²) in [5.74, 6) is 0.517. The van der Waals surface area contributed by atoms with Gasteiger partial charge in [0.1, 0.15) is 12.2 Å². The molecule has 1 saturated carbocycles. The summed E-state index contributed by atoms with van der Waals surface area (Å²) < 4.78 is 26.1. The second kappa shape index (κ2) is 11.7. The lowest BCUT2D eigenvalue weighted by Gasteiger charge is -2.45. The number of carboxylic acids is 1. The number of halogens is 1. The SMILES string of the molecule is CC(C)(C)[Si](O[C@@H]1C[C@@H]2Oc3c(OCC(=O)O)cccc3O[C@@H]2[C@H]1/C=C/CCl)(c1ccccc1)c1ccccc1. The maximum atomic E-state index is 11.1. The zero-order chi connectivity index (χ0) is 28.3. The number of carboxylic acid groups (broad SMARTS) is 1. The Bertz CT molecular complexity index is 1300. The minimum absolute atomic E-state index is 0.109. The van der Waals surface area contributed by atoms with Crippen LogP contribution in [0.25, 0.3) is 0 Å². The first kappa shape index (κ1) is 28.3. The number of ether oxygens (including phenoxy) is 3. The van der Waals surface area contributed by atoms with Gasteiger partial charge in [-0.2, -0.15) is 0 Å². The summed E-state index contributed by atoms with van der Waals surface area (Å²) in [4.78, 5) is 11.1. The van der Waals surface area contributed by atoms with Gasteiger partial charge >= 0.3 is 5.97 Å². The van der Waals surface area contributed by atoms with Crippen molar-refractivity contribution in [3.8, 4) is 17.2 Å². The molecule has 3 aromatic rings. The summed E-state index contributed by atoms with van der Waals surface area (Å²) in [5.41, 5.74) is 0. The molecule has 0 aromatic heterocycles. The van der Waals surface area contributed by atoms with Gasteiger partial charge in [-0.15, -0.1) is 11.6 Å². The van der Waals surface area contributed by atoms with E-state index in [-0.39, 0.29) is 29.3 Å². The monoisotopic (exact) mass is 578 g/mol. The smallest absolute Gasteiger partial charge is 0.341 e. The third kappa shape index (κ3) is 5.38. The van der Waals surface area contributed by atoms with E-state index >= 15 is 0 Å². The Labute approximate surface area is 241 Å². The van der Waals surface area contributed by atoms with Gasteiger partial charge in [0, 0.05) is 18.2 Å². The van der Waals surface area contributed by atoms with Gasteiger partial charge in [0.05, 0.1) is 6.10 Å². The number of alkyl halides is 1. The number of rotatable bonds is 9. The van der Waals surface area contributed by atoms with Crippen molar-refractivity contribution in [2.75, 3.05) is 12.5 Å². The lowest BCUT2D eigenvalue weighted by molar-refractivity contribution is -0.139. The molecule has 1 N–H and O–H groups in total. The molecule has 6 nitrogen and oxygen atoms in total. The largest absolute Gasteiger partial charge is 0.482 e. The number of carbonyl (C=O) groups is 1. The van der Waals surface area contributed by atoms with Gasteiger partial charge in [0.2, 0.25) is 5.75 Å². The van der Waals surface area contributed by atoms with Crippen LogP contribution in [0.3, 0.4) is 0 Å². The molecule has 210 valence electrons. The molecule has 4 atom stereocenters. The van der Waals surface area contributed by atoms with E-state index in [1.54, 1.807) is 12.1 Å². The third-order valence-corrected chi connectivity index (χ3v) is 12.9. The van der Waals surface area contributed by atoms with Gasteiger partial charge in [-0.25, -0.2) is 4.79 Å². The van der Waals surface area contributed by atoms with Gasteiger partial charge in [0.15, 0.2) is 18.1 Å². The first-order chi connectivity index (χ1) is 19.2. The number of para-hydroxylation sites is 1. The highest BCUT2D eigenvalue weighted by molar-refractivity contribution is 6.99. The van der Waals surface area contributed by atoms with Crippen LogP contribution in [-0.2, 0) is 9.22 Å². The van der Waals surface area contributed by atoms with Crippen LogP contribution < -0.4 is 24.6 Å². The van der Waals surface area contributed by atoms with Crippen molar-refractivity contribution in [2.45, 2.75) is 50.5 Å². The highest BCUT2D eigenvalue weighted by Crippen LogP contribution is 2.49. The second-order valence-electron chi connectivity index (χ2n) is 11.2. The van der Waals surface area contributed by atoms with Crippen LogP contribution in [0.2, 0.25) is 5.04 Å². The average molecular weight is 579 g/mol. The molecule has 1 heterocycles. The quantitative estimate of drug-likeness (QED) is 0.208.